The average Bonchev–Trinajstić information content (AvgIpc) is 3.17. The molecule has 0 radical (unpaired) electrons. The highest BCUT2D eigenvalue weighted by Gasteiger charge is 2.23. The van der Waals surface area contributed by atoms with Gasteiger partial charge in [0, 0.05) is 30.1 Å². The normalized spacial score (nSPS) is 17.0. The molecule has 9 heteroatoms. The Morgan fingerprint density at radius 3 is 2.87 bits per heavy atom. The van der Waals surface area contributed by atoms with Crippen LogP contribution >= 0.6 is 11.3 Å². The molecule has 120 valence electrons. The topological polar surface area (TPSA) is 99.2 Å². The summed E-state index contributed by atoms with van der Waals surface area (Å²) in [5.74, 6) is 1.02. The first-order valence-corrected chi connectivity index (χ1v) is 8.40. The van der Waals surface area contributed by atoms with E-state index in [-0.39, 0.29) is 17.2 Å². The third-order valence-electron chi connectivity index (χ3n) is 4.24. The van der Waals surface area contributed by atoms with Crippen LogP contribution in [-0.4, -0.2) is 42.6 Å². The quantitative estimate of drug-likeness (QED) is 0.729. The zero-order valence-electron chi connectivity index (χ0n) is 12.4. The van der Waals surface area contributed by atoms with Crippen molar-refractivity contribution >= 4 is 16.3 Å². The van der Waals surface area contributed by atoms with Crippen LogP contribution in [0.15, 0.2) is 27.2 Å². The van der Waals surface area contributed by atoms with Crippen molar-refractivity contribution < 1.29 is 0 Å². The van der Waals surface area contributed by atoms with Crippen LogP contribution in [-0.2, 0) is 6.54 Å². The van der Waals surface area contributed by atoms with E-state index in [2.05, 4.69) is 25.1 Å². The summed E-state index contributed by atoms with van der Waals surface area (Å²) in [6.07, 6.45) is 3.61. The Hall–Kier alpha value is -2.26. The summed E-state index contributed by atoms with van der Waals surface area (Å²) in [7, 11) is 0. The monoisotopic (exact) mass is 332 g/mol. The highest BCUT2D eigenvalue weighted by Crippen LogP contribution is 2.25. The minimum atomic E-state index is -0.253. The van der Waals surface area contributed by atoms with Crippen LogP contribution in [0.25, 0.3) is 4.96 Å². The van der Waals surface area contributed by atoms with Crippen LogP contribution in [0.1, 0.15) is 30.3 Å². The number of nitrogens with one attached hydrogen (secondary N) is 2. The fourth-order valence-electron chi connectivity index (χ4n) is 3.04. The molecule has 0 aliphatic carbocycles. The molecular weight excluding hydrogens is 316 g/mol. The van der Waals surface area contributed by atoms with E-state index in [9.17, 15) is 9.59 Å². The second-order valence-electron chi connectivity index (χ2n) is 5.75. The van der Waals surface area contributed by atoms with Crippen molar-refractivity contribution in [1.82, 2.24) is 29.5 Å². The zero-order chi connectivity index (χ0) is 15.8. The van der Waals surface area contributed by atoms with Crippen LogP contribution in [0.4, 0.5) is 0 Å². The fourth-order valence-corrected chi connectivity index (χ4v) is 3.78. The van der Waals surface area contributed by atoms with Crippen LogP contribution in [0.5, 0.6) is 0 Å². The largest absolute Gasteiger partial charge is 0.340 e. The van der Waals surface area contributed by atoms with Crippen molar-refractivity contribution in [3.63, 3.8) is 0 Å². The summed E-state index contributed by atoms with van der Waals surface area (Å²) in [4.78, 5) is 33.4. The molecular formula is C14H16N6O2S. The molecule has 4 rings (SSSR count). The molecule has 0 atom stereocenters. The Morgan fingerprint density at radius 1 is 1.30 bits per heavy atom. The number of fused-ring (bicyclic) bond motifs is 1. The van der Waals surface area contributed by atoms with Gasteiger partial charge in [0.2, 0.25) is 0 Å². The standard InChI is InChI=1S/C14H16N6O2S/c21-11-7-10(15-14-20(11)5-6-23-14)8-19-3-1-9(2-4-19)12-16-13(22)18-17-12/h5-7,9H,1-4,8H2,(H2,16,17,18,22). The van der Waals surface area contributed by atoms with Crippen molar-refractivity contribution in [2.45, 2.75) is 25.3 Å². The molecule has 1 fully saturated rings. The lowest BCUT2D eigenvalue weighted by atomic mass is 9.96. The van der Waals surface area contributed by atoms with Crippen LogP contribution in [0, 0.1) is 0 Å². The van der Waals surface area contributed by atoms with Crippen molar-refractivity contribution in [3.05, 3.63) is 50.0 Å². The number of H-pyrrole nitrogens is 2. The van der Waals surface area contributed by atoms with Gasteiger partial charge in [-0.25, -0.2) is 14.9 Å². The molecule has 0 amide bonds. The van der Waals surface area contributed by atoms with Gasteiger partial charge in [0.05, 0.1) is 5.69 Å². The maximum atomic E-state index is 12.0. The molecule has 0 aromatic carbocycles. The first-order valence-electron chi connectivity index (χ1n) is 7.52. The van der Waals surface area contributed by atoms with E-state index in [1.165, 1.54) is 11.3 Å². The third-order valence-corrected chi connectivity index (χ3v) is 4.99. The van der Waals surface area contributed by atoms with Gasteiger partial charge < -0.3 is 0 Å². The van der Waals surface area contributed by atoms with Crippen LogP contribution in [0.2, 0.25) is 0 Å². The highest BCUT2D eigenvalue weighted by atomic mass is 32.1. The summed E-state index contributed by atoms with van der Waals surface area (Å²) in [6, 6.07) is 1.61. The van der Waals surface area contributed by atoms with Gasteiger partial charge in [-0.3, -0.25) is 19.1 Å². The van der Waals surface area contributed by atoms with Gasteiger partial charge in [0.1, 0.15) is 5.82 Å². The lowest BCUT2D eigenvalue weighted by Crippen LogP contribution is -2.33. The second kappa shape index (κ2) is 5.74. The van der Waals surface area contributed by atoms with Crippen molar-refractivity contribution in [3.8, 4) is 0 Å². The van der Waals surface area contributed by atoms with Gasteiger partial charge in [-0.05, 0) is 25.9 Å². The molecule has 23 heavy (non-hydrogen) atoms. The van der Waals surface area contributed by atoms with Gasteiger partial charge in [0.25, 0.3) is 5.56 Å². The average molecular weight is 332 g/mol. The molecule has 2 N–H and O–H groups in total. The minimum Gasteiger partial charge on any atom is -0.297 e. The molecule has 0 spiro atoms. The first-order chi connectivity index (χ1) is 11.2. The Balaban J connectivity index is 1.44. The smallest absolute Gasteiger partial charge is 0.297 e. The molecule has 4 heterocycles. The summed E-state index contributed by atoms with van der Waals surface area (Å²) < 4.78 is 1.56. The molecule has 3 aromatic rings. The SMILES string of the molecule is O=c1[nH]nc(C2CCN(Cc3cc(=O)n4ccsc4n3)CC2)[nH]1. The second-order valence-corrected chi connectivity index (χ2v) is 6.63. The Bertz CT molecular complexity index is 930. The predicted octanol–water partition coefficient (Wildman–Crippen LogP) is 0.547. The molecule has 8 nitrogen and oxygen atoms in total. The number of aromatic amines is 2. The highest BCUT2D eigenvalue weighted by molar-refractivity contribution is 7.15. The van der Waals surface area contributed by atoms with E-state index in [0.717, 1.165) is 42.4 Å². The Labute approximate surface area is 134 Å². The predicted molar refractivity (Wildman–Crippen MR) is 85.8 cm³/mol. The van der Waals surface area contributed by atoms with E-state index < -0.39 is 0 Å². The molecule has 3 aromatic heterocycles. The minimum absolute atomic E-state index is 0.0322. The molecule has 1 saturated heterocycles. The van der Waals surface area contributed by atoms with Crippen LogP contribution in [0.3, 0.4) is 0 Å². The van der Waals surface area contributed by atoms with Crippen molar-refractivity contribution in [2.75, 3.05) is 13.1 Å². The Morgan fingerprint density at radius 2 is 2.13 bits per heavy atom. The lowest BCUT2D eigenvalue weighted by Gasteiger charge is -2.30. The van der Waals surface area contributed by atoms with E-state index in [1.807, 2.05) is 5.38 Å². The maximum Gasteiger partial charge on any atom is 0.340 e. The number of piperidine rings is 1. The van der Waals surface area contributed by atoms with E-state index in [1.54, 1.807) is 16.7 Å². The number of thiazole rings is 1. The first kappa shape index (κ1) is 14.3. The number of nitrogens with zero attached hydrogens (tertiary/aromatic N) is 4. The molecule has 0 unspecified atom stereocenters. The fraction of sp³-hybridized carbons (Fsp3) is 0.429. The van der Waals surface area contributed by atoms with Crippen LogP contribution < -0.4 is 11.2 Å². The van der Waals surface area contributed by atoms with Crippen molar-refractivity contribution in [1.29, 1.82) is 0 Å². The van der Waals surface area contributed by atoms with E-state index in [0.29, 0.717) is 6.54 Å². The summed E-state index contributed by atoms with van der Waals surface area (Å²) in [6.45, 7) is 2.46. The van der Waals surface area contributed by atoms with E-state index >= 15 is 0 Å². The molecule has 1 aliphatic heterocycles. The summed E-state index contributed by atoms with van der Waals surface area (Å²) in [5, 5.41) is 8.30. The number of rotatable bonds is 3. The summed E-state index contributed by atoms with van der Waals surface area (Å²) >= 11 is 1.47. The van der Waals surface area contributed by atoms with E-state index in [4.69, 9.17) is 0 Å². The molecule has 0 bridgehead atoms. The van der Waals surface area contributed by atoms with Gasteiger partial charge >= 0.3 is 5.69 Å². The van der Waals surface area contributed by atoms with Gasteiger partial charge in [-0.1, -0.05) is 0 Å². The zero-order valence-corrected chi connectivity index (χ0v) is 13.2. The number of hydrogen-bond donors (Lipinski definition) is 2. The van der Waals surface area contributed by atoms with Crippen molar-refractivity contribution in [2.24, 2.45) is 0 Å². The number of likely N-dealkylation sites (tertiary alicyclic amines) is 1. The number of hydrogen-bond acceptors (Lipinski definition) is 6. The molecule has 0 saturated carbocycles. The number of aromatic nitrogens is 5. The lowest BCUT2D eigenvalue weighted by molar-refractivity contribution is 0.200. The van der Waals surface area contributed by atoms with Gasteiger partial charge in [-0.2, -0.15) is 5.10 Å². The Kier molecular flexibility index (Phi) is 3.58. The third kappa shape index (κ3) is 2.84. The summed E-state index contributed by atoms with van der Waals surface area (Å²) in [5.41, 5.74) is 0.524. The molecule has 1 aliphatic rings. The maximum absolute atomic E-state index is 12.0. The van der Waals surface area contributed by atoms with Gasteiger partial charge in [0.15, 0.2) is 4.96 Å². The van der Waals surface area contributed by atoms with Gasteiger partial charge in [-0.15, -0.1) is 11.3 Å².